The SMILES string of the molecule is CC1CCCC(C)N1NS(=O)(=O)c1[nH]ncc1C(=O)O. The highest BCUT2D eigenvalue weighted by Gasteiger charge is 2.32. The first-order valence-electron chi connectivity index (χ1n) is 6.40. The van der Waals surface area contributed by atoms with Crippen LogP contribution in [0.3, 0.4) is 0 Å². The zero-order chi connectivity index (χ0) is 14.9. The van der Waals surface area contributed by atoms with Crippen LogP contribution in [0.25, 0.3) is 0 Å². The van der Waals surface area contributed by atoms with Gasteiger partial charge in [0.2, 0.25) is 0 Å². The van der Waals surface area contributed by atoms with E-state index >= 15 is 0 Å². The van der Waals surface area contributed by atoms with Gasteiger partial charge in [0, 0.05) is 12.1 Å². The molecule has 9 heteroatoms. The van der Waals surface area contributed by atoms with Gasteiger partial charge < -0.3 is 5.11 Å². The number of carbonyl (C=O) groups is 1. The summed E-state index contributed by atoms with van der Waals surface area (Å²) in [6.45, 7) is 3.87. The van der Waals surface area contributed by atoms with Crippen molar-refractivity contribution in [3.8, 4) is 0 Å². The highest BCUT2D eigenvalue weighted by atomic mass is 32.2. The van der Waals surface area contributed by atoms with Crippen LogP contribution in [-0.4, -0.2) is 46.8 Å². The van der Waals surface area contributed by atoms with Crippen molar-refractivity contribution in [2.24, 2.45) is 0 Å². The molecule has 0 radical (unpaired) electrons. The predicted molar refractivity (Wildman–Crippen MR) is 70.5 cm³/mol. The van der Waals surface area contributed by atoms with Crippen molar-refractivity contribution in [1.29, 1.82) is 0 Å². The Labute approximate surface area is 117 Å². The second kappa shape index (κ2) is 5.51. The molecule has 1 aliphatic heterocycles. The van der Waals surface area contributed by atoms with E-state index in [4.69, 9.17) is 5.11 Å². The molecule has 0 aliphatic carbocycles. The molecule has 2 unspecified atom stereocenters. The van der Waals surface area contributed by atoms with Crippen molar-refractivity contribution in [3.63, 3.8) is 0 Å². The number of carboxylic acids is 1. The lowest BCUT2D eigenvalue weighted by molar-refractivity contribution is 0.0690. The Morgan fingerprint density at radius 1 is 1.45 bits per heavy atom. The Bertz CT molecular complexity index is 587. The molecule has 0 amide bonds. The van der Waals surface area contributed by atoms with Crippen molar-refractivity contribution < 1.29 is 18.3 Å². The minimum Gasteiger partial charge on any atom is -0.478 e. The summed E-state index contributed by atoms with van der Waals surface area (Å²) >= 11 is 0. The lowest BCUT2D eigenvalue weighted by Crippen LogP contribution is -2.54. The molecule has 8 nitrogen and oxygen atoms in total. The average molecular weight is 302 g/mol. The average Bonchev–Trinajstić information content (AvgIpc) is 2.84. The van der Waals surface area contributed by atoms with Crippen molar-refractivity contribution in [2.75, 3.05) is 0 Å². The molecule has 1 aromatic rings. The molecule has 112 valence electrons. The molecule has 1 saturated heterocycles. The summed E-state index contributed by atoms with van der Waals surface area (Å²) in [5.74, 6) is -1.33. The van der Waals surface area contributed by atoms with Gasteiger partial charge in [-0.25, -0.2) is 18.2 Å². The number of aromatic nitrogens is 2. The van der Waals surface area contributed by atoms with Crippen molar-refractivity contribution in [1.82, 2.24) is 20.0 Å². The lowest BCUT2D eigenvalue weighted by atomic mass is 10.0. The van der Waals surface area contributed by atoms with Gasteiger partial charge in [-0.1, -0.05) is 6.42 Å². The summed E-state index contributed by atoms with van der Waals surface area (Å²) in [6.07, 6.45) is 3.81. The second-order valence-electron chi connectivity index (χ2n) is 5.05. The summed E-state index contributed by atoms with van der Waals surface area (Å²) < 4.78 is 24.6. The summed E-state index contributed by atoms with van der Waals surface area (Å²) in [6, 6.07) is 0.120. The van der Waals surface area contributed by atoms with Crippen molar-refractivity contribution >= 4 is 16.0 Å². The van der Waals surface area contributed by atoms with E-state index in [2.05, 4.69) is 15.0 Å². The monoisotopic (exact) mass is 302 g/mol. The molecule has 0 saturated carbocycles. The number of hydrogen-bond acceptors (Lipinski definition) is 5. The number of sulfonamides is 1. The van der Waals surface area contributed by atoms with Crippen molar-refractivity contribution in [3.05, 3.63) is 11.8 Å². The third-order valence-electron chi connectivity index (χ3n) is 3.52. The first-order chi connectivity index (χ1) is 9.33. The topological polar surface area (TPSA) is 115 Å². The first kappa shape index (κ1) is 14.9. The molecule has 2 rings (SSSR count). The Hall–Kier alpha value is -1.45. The fraction of sp³-hybridized carbons (Fsp3) is 0.636. The number of aromatic amines is 1. The first-order valence-corrected chi connectivity index (χ1v) is 7.88. The zero-order valence-corrected chi connectivity index (χ0v) is 12.1. The molecule has 3 N–H and O–H groups in total. The zero-order valence-electron chi connectivity index (χ0n) is 11.3. The van der Waals surface area contributed by atoms with E-state index in [0.717, 1.165) is 25.5 Å². The van der Waals surface area contributed by atoms with Crippen LogP contribution in [0.2, 0.25) is 0 Å². The molecule has 2 atom stereocenters. The highest BCUT2D eigenvalue weighted by Crippen LogP contribution is 2.22. The van der Waals surface area contributed by atoms with E-state index in [1.165, 1.54) is 0 Å². The normalized spacial score (nSPS) is 24.7. The molecule has 0 spiro atoms. The van der Waals surface area contributed by atoms with E-state index in [1.54, 1.807) is 5.01 Å². The number of hydrogen-bond donors (Lipinski definition) is 3. The van der Waals surface area contributed by atoms with Gasteiger partial charge in [0.05, 0.1) is 6.20 Å². The van der Waals surface area contributed by atoms with E-state index < -0.39 is 21.0 Å². The fourth-order valence-electron chi connectivity index (χ4n) is 2.42. The van der Waals surface area contributed by atoms with Crippen LogP contribution in [0.1, 0.15) is 43.5 Å². The summed E-state index contributed by atoms with van der Waals surface area (Å²) in [7, 11) is -3.98. The summed E-state index contributed by atoms with van der Waals surface area (Å²) in [5, 5.41) is 15.9. The lowest BCUT2D eigenvalue weighted by Gasteiger charge is -2.38. The number of rotatable bonds is 4. The maximum absolute atomic E-state index is 12.3. The maximum atomic E-state index is 12.3. The van der Waals surface area contributed by atoms with Gasteiger partial charge >= 0.3 is 5.97 Å². The maximum Gasteiger partial charge on any atom is 0.340 e. The number of aromatic carboxylic acids is 1. The van der Waals surface area contributed by atoms with E-state index in [1.807, 2.05) is 13.8 Å². The smallest absolute Gasteiger partial charge is 0.340 e. The van der Waals surface area contributed by atoms with Crippen LogP contribution in [-0.2, 0) is 10.0 Å². The molecule has 0 aromatic carbocycles. The van der Waals surface area contributed by atoms with E-state index in [9.17, 15) is 13.2 Å². The number of carboxylic acid groups (broad SMARTS) is 1. The number of H-pyrrole nitrogens is 1. The summed E-state index contributed by atoms with van der Waals surface area (Å²) in [4.78, 5) is 13.4. The van der Waals surface area contributed by atoms with Crippen LogP contribution in [0.15, 0.2) is 11.2 Å². The van der Waals surface area contributed by atoms with Crippen LogP contribution in [0, 0.1) is 0 Å². The summed E-state index contributed by atoms with van der Waals surface area (Å²) in [5.41, 5.74) is -0.366. The number of nitrogens with zero attached hydrogens (tertiary/aromatic N) is 2. The van der Waals surface area contributed by atoms with Crippen molar-refractivity contribution in [2.45, 2.75) is 50.2 Å². The Kier molecular flexibility index (Phi) is 4.11. The quantitative estimate of drug-likeness (QED) is 0.748. The molecular formula is C11H18N4O4S. The van der Waals surface area contributed by atoms with Gasteiger partial charge in [-0.05, 0) is 26.7 Å². The van der Waals surface area contributed by atoms with Gasteiger partial charge in [0.1, 0.15) is 5.56 Å². The Morgan fingerprint density at radius 3 is 2.60 bits per heavy atom. The molecule has 20 heavy (non-hydrogen) atoms. The largest absolute Gasteiger partial charge is 0.478 e. The van der Waals surface area contributed by atoms with Gasteiger partial charge in [-0.3, -0.25) is 5.10 Å². The van der Waals surface area contributed by atoms with Crippen LogP contribution in [0.4, 0.5) is 0 Å². The van der Waals surface area contributed by atoms with Gasteiger partial charge in [-0.15, -0.1) is 4.83 Å². The third kappa shape index (κ3) is 2.84. The Balaban J connectivity index is 2.27. The third-order valence-corrected chi connectivity index (χ3v) is 4.82. The Morgan fingerprint density at radius 2 is 2.05 bits per heavy atom. The molecule has 1 aromatic heterocycles. The van der Waals surface area contributed by atoms with Gasteiger partial charge in [0.15, 0.2) is 5.03 Å². The molecule has 1 fully saturated rings. The minimum atomic E-state index is -3.98. The predicted octanol–water partition coefficient (Wildman–Crippen LogP) is 0.564. The minimum absolute atomic E-state index is 0.0599. The van der Waals surface area contributed by atoms with Crippen LogP contribution >= 0.6 is 0 Å². The van der Waals surface area contributed by atoms with E-state index in [0.29, 0.717) is 0 Å². The second-order valence-corrected chi connectivity index (χ2v) is 6.65. The fourth-order valence-corrected chi connectivity index (χ4v) is 3.75. The van der Waals surface area contributed by atoms with E-state index in [-0.39, 0.29) is 17.6 Å². The number of hydrazine groups is 1. The highest BCUT2D eigenvalue weighted by molar-refractivity contribution is 7.89. The van der Waals surface area contributed by atoms with Gasteiger partial charge in [-0.2, -0.15) is 5.10 Å². The molecular weight excluding hydrogens is 284 g/mol. The van der Waals surface area contributed by atoms with Crippen LogP contribution < -0.4 is 4.83 Å². The molecule has 2 heterocycles. The number of piperidine rings is 1. The van der Waals surface area contributed by atoms with Gasteiger partial charge in [0.25, 0.3) is 10.0 Å². The standard InChI is InChI=1S/C11H18N4O4S/c1-7-4-3-5-8(2)15(7)14-20(18,19)10-9(11(16)17)6-12-13-10/h6-8,14H,3-5H2,1-2H3,(H,12,13)(H,16,17). The van der Waals surface area contributed by atoms with Crippen LogP contribution in [0.5, 0.6) is 0 Å². The molecule has 0 bridgehead atoms. The molecule has 1 aliphatic rings. The number of nitrogens with one attached hydrogen (secondary N) is 2.